The summed E-state index contributed by atoms with van der Waals surface area (Å²) in [6.07, 6.45) is 0.237. The van der Waals surface area contributed by atoms with Crippen molar-refractivity contribution >= 4 is 17.5 Å². The Labute approximate surface area is 133 Å². The van der Waals surface area contributed by atoms with Gasteiger partial charge in [0.1, 0.15) is 5.82 Å². The first kappa shape index (κ1) is 15.2. The number of rotatable bonds is 4. The zero-order valence-corrected chi connectivity index (χ0v) is 12.5. The molecule has 23 heavy (non-hydrogen) atoms. The normalized spacial score (nSPS) is 17.3. The molecule has 4 nitrogen and oxygen atoms in total. The summed E-state index contributed by atoms with van der Waals surface area (Å²) in [7, 11) is 0. The molecule has 5 heteroatoms. The third-order valence-electron chi connectivity index (χ3n) is 3.87. The average molecular weight is 312 g/mol. The highest BCUT2D eigenvalue weighted by Gasteiger charge is 2.31. The van der Waals surface area contributed by atoms with E-state index in [4.69, 9.17) is 0 Å². The van der Waals surface area contributed by atoms with Crippen LogP contribution in [0.2, 0.25) is 0 Å². The molecule has 0 radical (unpaired) electrons. The molecule has 1 saturated heterocycles. The molecule has 0 aliphatic carbocycles. The molecule has 0 bridgehead atoms. The second kappa shape index (κ2) is 6.60. The number of nitrogens with one attached hydrogen (secondary N) is 1. The van der Waals surface area contributed by atoms with Crippen LogP contribution in [-0.4, -0.2) is 24.4 Å². The van der Waals surface area contributed by atoms with Crippen molar-refractivity contribution in [3.63, 3.8) is 0 Å². The van der Waals surface area contributed by atoms with E-state index >= 15 is 0 Å². The molecule has 0 saturated carbocycles. The molecular weight excluding hydrogens is 295 g/mol. The van der Waals surface area contributed by atoms with Crippen molar-refractivity contribution in [2.75, 3.05) is 11.4 Å². The van der Waals surface area contributed by atoms with Crippen molar-refractivity contribution in [2.24, 2.45) is 0 Å². The maximum atomic E-state index is 13.6. The molecule has 1 N–H and O–H groups in total. The molecule has 2 aromatic rings. The van der Waals surface area contributed by atoms with Gasteiger partial charge in [-0.1, -0.05) is 36.4 Å². The summed E-state index contributed by atoms with van der Waals surface area (Å²) < 4.78 is 13.6. The number of nitrogens with zero attached hydrogens (tertiary/aromatic N) is 1. The zero-order valence-electron chi connectivity index (χ0n) is 12.5. The highest BCUT2D eigenvalue weighted by molar-refractivity contribution is 5.96. The van der Waals surface area contributed by atoms with Crippen LogP contribution in [0.15, 0.2) is 54.6 Å². The molecule has 2 aromatic carbocycles. The highest BCUT2D eigenvalue weighted by Crippen LogP contribution is 2.21. The molecule has 0 spiro atoms. The molecule has 1 unspecified atom stereocenters. The van der Waals surface area contributed by atoms with Gasteiger partial charge in [-0.25, -0.2) is 4.39 Å². The van der Waals surface area contributed by atoms with Crippen LogP contribution < -0.4 is 10.2 Å². The molecule has 3 rings (SSSR count). The summed E-state index contributed by atoms with van der Waals surface area (Å²) in [6, 6.07) is 15.3. The van der Waals surface area contributed by atoms with E-state index in [9.17, 15) is 14.0 Å². The van der Waals surface area contributed by atoms with Crippen molar-refractivity contribution in [2.45, 2.75) is 18.9 Å². The lowest BCUT2D eigenvalue weighted by Crippen LogP contribution is -2.38. The van der Waals surface area contributed by atoms with Crippen LogP contribution in [0.25, 0.3) is 0 Å². The van der Waals surface area contributed by atoms with Crippen molar-refractivity contribution in [1.82, 2.24) is 5.32 Å². The fraction of sp³-hybridized carbons (Fsp3) is 0.222. The molecular formula is C18H17FN2O2. The largest absolute Gasteiger partial charge is 0.351 e. The van der Waals surface area contributed by atoms with Crippen molar-refractivity contribution in [1.29, 1.82) is 0 Å². The van der Waals surface area contributed by atoms with Crippen LogP contribution in [0, 0.1) is 5.82 Å². The summed E-state index contributed by atoms with van der Waals surface area (Å²) in [4.78, 5) is 25.8. The Balaban J connectivity index is 1.60. The second-order valence-corrected chi connectivity index (χ2v) is 5.58. The van der Waals surface area contributed by atoms with Gasteiger partial charge < -0.3 is 10.2 Å². The Morgan fingerprint density at radius 3 is 2.57 bits per heavy atom. The van der Waals surface area contributed by atoms with E-state index in [1.165, 1.54) is 6.07 Å². The lowest BCUT2D eigenvalue weighted by Gasteiger charge is -2.17. The van der Waals surface area contributed by atoms with Gasteiger partial charge in [-0.2, -0.15) is 0 Å². The number of hydrogen-bond acceptors (Lipinski definition) is 2. The van der Waals surface area contributed by atoms with Crippen LogP contribution in [-0.2, 0) is 16.0 Å². The molecule has 2 amide bonds. The zero-order chi connectivity index (χ0) is 16.2. The number of anilines is 1. The van der Waals surface area contributed by atoms with Crippen molar-refractivity contribution in [3.8, 4) is 0 Å². The molecule has 118 valence electrons. The summed E-state index contributed by atoms with van der Waals surface area (Å²) in [6.45, 7) is 0.436. The molecule has 1 aliphatic rings. The number of carbonyl (C=O) groups is 2. The fourth-order valence-corrected chi connectivity index (χ4v) is 2.76. The Kier molecular flexibility index (Phi) is 4.37. The van der Waals surface area contributed by atoms with E-state index < -0.39 is 5.82 Å². The number of halogens is 1. The summed E-state index contributed by atoms with van der Waals surface area (Å²) in [5.74, 6) is -0.689. The highest BCUT2D eigenvalue weighted by atomic mass is 19.1. The average Bonchev–Trinajstić information content (AvgIpc) is 2.91. The smallest absolute Gasteiger partial charge is 0.229 e. The predicted octanol–water partition coefficient (Wildman–Crippen LogP) is 2.29. The Hall–Kier alpha value is -2.69. The Morgan fingerprint density at radius 2 is 1.83 bits per heavy atom. The number of benzene rings is 2. The maximum Gasteiger partial charge on any atom is 0.229 e. The van der Waals surface area contributed by atoms with Gasteiger partial charge in [0.05, 0.1) is 12.5 Å². The number of para-hydroxylation sites is 1. The van der Waals surface area contributed by atoms with Gasteiger partial charge in [0.15, 0.2) is 0 Å². The van der Waals surface area contributed by atoms with Gasteiger partial charge in [-0.3, -0.25) is 9.59 Å². The van der Waals surface area contributed by atoms with E-state index in [0.29, 0.717) is 12.1 Å². The minimum Gasteiger partial charge on any atom is -0.351 e. The third kappa shape index (κ3) is 3.56. The first-order valence-corrected chi connectivity index (χ1v) is 7.51. The minimum atomic E-state index is -0.393. The van der Waals surface area contributed by atoms with Crippen LogP contribution in [0.4, 0.5) is 10.1 Å². The number of carbonyl (C=O) groups excluding carboxylic acids is 2. The van der Waals surface area contributed by atoms with Crippen LogP contribution in [0.1, 0.15) is 12.0 Å². The van der Waals surface area contributed by atoms with E-state index in [-0.39, 0.29) is 30.7 Å². The predicted molar refractivity (Wildman–Crippen MR) is 85.4 cm³/mol. The van der Waals surface area contributed by atoms with Gasteiger partial charge in [0.25, 0.3) is 0 Å². The summed E-state index contributed by atoms with van der Waals surface area (Å²) in [5, 5.41) is 2.82. The van der Waals surface area contributed by atoms with E-state index in [0.717, 1.165) is 5.69 Å². The van der Waals surface area contributed by atoms with Crippen LogP contribution in [0.5, 0.6) is 0 Å². The monoisotopic (exact) mass is 312 g/mol. The van der Waals surface area contributed by atoms with Gasteiger partial charge in [-0.15, -0.1) is 0 Å². The van der Waals surface area contributed by atoms with Gasteiger partial charge in [0, 0.05) is 18.7 Å². The van der Waals surface area contributed by atoms with Gasteiger partial charge in [-0.05, 0) is 23.8 Å². The Morgan fingerprint density at radius 1 is 1.13 bits per heavy atom. The van der Waals surface area contributed by atoms with Crippen molar-refractivity contribution < 1.29 is 14.0 Å². The molecule has 1 fully saturated rings. The minimum absolute atomic E-state index is 0.0209. The van der Waals surface area contributed by atoms with E-state index in [2.05, 4.69) is 5.32 Å². The van der Waals surface area contributed by atoms with Crippen LogP contribution >= 0.6 is 0 Å². The number of amides is 2. The van der Waals surface area contributed by atoms with Crippen LogP contribution in [0.3, 0.4) is 0 Å². The van der Waals surface area contributed by atoms with E-state index in [1.54, 1.807) is 23.1 Å². The molecule has 1 aliphatic heterocycles. The standard InChI is InChI=1S/C18H17FN2O2/c19-16-9-5-4-6-13(16)10-17(22)20-14-11-18(23)21(12-14)15-7-2-1-3-8-15/h1-9,14H,10-12H2,(H,20,22). The number of hydrogen-bond donors (Lipinski definition) is 1. The Bertz CT molecular complexity index is 718. The van der Waals surface area contributed by atoms with Gasteiger partial charge >= 0.3 is 0 Å². The quantitative estimate of drug-likeness (QED) is 0.942. The van der Waals surface area contributed by atoms with E-state index in [1.807, 2.05) is 30.3 Å². The fourth-order valence-electron chi connectivity index (χ4n) is 2.76. The summed E-state index contributed by atoms with van der Waals surface area (Å²) in [5.41, 5.74) is 1.18. The molecule has 1 heterocycles. The molecule has 0 aromatic heterocycles. The second-order valence-electron chi connectivity index (χ2n) is 5.58. The lowest BCUT2D eigenvalue weighted by molar-refractivity contribution is -0.121. The van der Waals surface area contributed by atoms with Crippen molar-refractivity contribution in [3.05, 3.63) is 66.0 Å². The van der Waals surface area contributed by atoms with Gasteiger partial charge in [0.2, 0.25) is 11.8 Å². The topological polar surface area (TPSA) is 49.4 Å². The first-order valence-electron chi connectivity index (χ1n) is 7.51. The maximum absolute atomic E-state index is 13.6. The molecule has 1 atom stereocenters. The third-order valence-corrected chi connectivity index (χ3v) is 3.87. The SMILES string of the molecule is O=C(Cc1ccccc1F)NC1CC(=O)N(c2ccccc2)C1. The summed E-state index contributed by atoms with van der Waals surface area (Å²) >= 11 is 0. The first-order chi connectivity index (χ1) is 11.1. The lowest BCUT2D eigenvalue weighted by atomic mass is 10.1.